The summed E-state index contributed by atoms with van der Waals surface area (Å²) < 4.78 is 38.6. The molecule has 1 atom stereocenters. The first-order valence-electron chi connectivity index (χ1n) is 15.4. The van der Waals surface area contributed by atoms with Crippen molar-refractivity contribution in [1.29, 1.82) is 0 Å². The second-order valence-corrected chi connectivity index (χ2v) is 15.3. The molecule has 2 aromatic carbocycles. The molecule has 0 bridgehead atoms. The van der Waals surface area contributed by atoms with Gasteiger partial charge in [-0.2, -0.15) is 8.42 Å². The van der Waals surface area contributed by atoms with Gasteiger partial charge >= 0.3 is 6.16 Å². The molecule has 260 valence electrons. The van der Waals surface area contributed by atoms with Crippen molar-refractivity contribution in [3.63, 3.8) is 0 Å². The second-order valence-electron chi connectivity index (χ2n) is 11.0. The van der Waals surface area contributed by atoms with Crippen LogP contribution in [0.2, 0.25) is 0 Å². The number of fused-ring (bicyclic) bond motifs is 2. The van der Waals surface area contributed by atoms with Crippen LogP contribution in [0, 0.1) is 11.8 Å². The molecule has 2 aliphatic rings. The normalized spacial score (nSPS) is 14.5. The minimum Gasteiger partial charge on any atom is -0.432 e. The average Bonchev–Trinajstić information content (AvgIpc) is 3.36. The first-order valence-corrected chi connectivity index (χ1v) is 19.4. The van der Waals surface area contributed by atoms with Gasteiger partial charge in [0.2, 0.25) is 5.91 Å². The van der Waals surface area contributed by atoms with E-state index in [4.69, 9.17) is 4.74 Å². The molecule has 0 aromatic heterocycles. The highest BCUT2D eigenvalue weighted by Crippen LogP contribution is 2.27. The average molecular weight is 731 g/mol. The lowest BCUT2D eigenvalue weighted by Crippen LogP contribution is -2.33. The highest BCUT2D eigenvalue weighted by atomic mass is 33.1. The van der Waals surface area contributed by atoms with Crippen LogP contribution in [0.15, 0.2) is 48.5 Å². The standard InChI is InChI=1S/C33H34N2O11S3/c36-26(18-20-47-48-21-19-45-33(41)46-35-31(39)16-17-32(35)40)14-15-29(49(42,43)44)28(37)10-5-11-30(38)34-22-25-8-2-1-6-23(25)12-13-24-7-3-4-9-27(24)34/h1-4,6-9,29H,5,10-11,14-22H2,(H,42,43,44). The molecular weight excluding hydrogens is 697 g/mol. The summed E-state index contributed by atoms with van der Waals surface area (Å²) in [5.74, 6) is 4.35. The van der Waals surface area contributed by atoms with E-state index in [2.05, 4.69) is 16.7 Å². The zero-order chi connectivity index (χ0) is 35.4. The Morgan fingerprint density at radius 2 is 1.51 bits per heavy atom. The van der Waals surface area contributed by atoms with Crippen LogP contribution in [-0.4, -0.2) is 76.8 Å². The van der Waals surface area contributed by atoms with E-state index in [1.807, 2.05) is 36.4 Å². The van der Waals surface area contributed by atoms with Gasteiger partial charge < -0.3 is 9.64 Å². The minimum atomic E-state index is -4.78. The first kappa shape index (κ1) is 37.6. The second kappa shape index (κ2) is 18.0. The van der Waals surface area contributed by atoms with Gasteiger partial charge in [0.25, 0.3) is 21.9 Å². The summed E-state index contributed by atoms with van der Waals surface area (Å²) in [6.45, 7) is 0.202. The van der Waals surface area contributed by atoms with E-state index in [0.29, 0.717) is 27.8 Å². The Labute approximate surface area is 291 Å². The molecule has 1 N–H and O–H groups in total. The van der Waals surface area contributed by atoms with Gasteiger partial charge in [-0.05, 0) is 36.6 Å². The third-order valence-corrected chi connectivity index (χ3v) is 11.1. The topological polar surface area (TPSA) is 182 Å². The number of hydrogen-bond acceptors (Lipinski definition) is 12. The molecular formula is C33H34N2O11S3. The van der Waals surface area contributed by atoms with Crippen molar-refractivity contribution < 1.29 is 51.3 Å². The SMILES string of the molecule is O=C(CCSSCCOC(=O)ON1C(=O)CCC1=O)CCC(C(=O)CCCC(=O)N1Cc2ccccc2C#Cc2ccccc21)S(=O)(=O)O. The number of ether oxygens (including phenoxy) is 1. The molecule has 2 aliphatic heterocycles. The van der Waals surface area contributed by atoms with Crippen molar-refractivity contribution in [1.82, 2.24) is 5.06 Å². The molecule has 1 saturated heterocycles. The van der Waals surface area contributed by atoms with Gasteiger partial charge in [-0.1, -0.05) is 68.8 Å². The molecule has 1 unspecified atom stereocenters. The number of amides is 3. The van der Waals surface area contributed by atoms with Crippen molar-refractivity contribution in [3.05, 3.63) is 65.2 Å². The summed E-state index contributed by atoms with van der Waals surface area (Å²) in [6.07, 6.45) is -2.07. The minimum absolute atomic E-state index is 0.0330. The van der Waals surface area contributed by atoms with Crippen LogP contribution in [0.5, 0.6) is 0 Å². The van der Waals surface area contributed by atoms with Crippen molar-refractivity contribution in [2.75, 3.05) is 23.0 Å². The smallest absolute Gasteiger partial charge is 0.432 e. The maximum Gasteiger partial charge on any atom is 0.533 e. The number of benzene rings is 2. The summed E-state index contributed by atoms with van der Waals surface area (Å²) in [6, 6.07) is 14.7. The van der Waals surface area contributed by atoms with E-state index < -0.39 is 39.1 Å². The van der Waals surface area contributed by atoms with E-state index in [9.17, 15) is 41.7 Å². The predicted molar refractivity (Wildman–Crippen MR) is 182 cm³/mol. The monoisotopic (exact) mass is 730 g/mol. The number of nitrogens with zero attached hydrogens (tertiary/aromatic N) is 2. The number of Topliss-reactive ketones (excluding diaryl/α,β-unsaturated/α-hetero) is 2. The number of carbonyl (C=O) groups excluding carboxylic acids is 6. The van der Waals surface area contributed by atoms with Crippen molar-refractivity contribution in [2.24, 2.45) is 0 Å². The number of ketones is 2. The number of imide groups is 1. The lowest BCUT2D eigenvalue weighted by molar-refractivity contribution is -0.176. The lowest BCUT2D eigenvalue weighted by atomic mass is 10.0. The first-order chi connectivity index (χ1) is 23.4. The Balaban J connectivity index is 1.17. The Morgan fingerprint density at radius 1 is 0.857 bits per heavy atom. The third kappa shape index (κ3) is 11.2. The fraction of sp³-hybridized carbons (Fsp3) is 0.394. The molecule has 3 amide bonds. The Morgan fingerprint density at radius 3 is 2.24 bits per heavy atom. The van der Waals surface area contributed by atoms with Crippen LogP contribution >= 0.6 is 21.6 Å². The van der Waals surface area contributed by atoms with Crippen LogP contribution in [0.25, 0.3) is 0 Å². The molecule has 1 fully saturated rings. The molecule has 0 aliphatic carbocycles. The fourth-order valence-corrected chi connectivity index (χ4v) is 7.73. The maximum absolute atomic E-state index is 13.4. The molecule has 49 heavy (non-hydrogen) atoms. The maximum atomic E-state index is 13.4. The zero-order valence-electron chi connectivity index (χ0n) is 26.3. The summed E-state index contributed by atoms with van der Waals surface area (Å²) in [7, 11) is -2.20. The predicted octanol–water partition coefficient (Wildman–Crippen LogP) is 4.27. The van der Waals surface area contributed by atoms with Crippen LogP contribution in [0.3, 0.4) is 0 Å². The Hall–Kier alpha value is -4.17. The van der Waals surface area contributed by atoms with E-state index in [1.165, 1.54) is 21.6 Å². The van der Waals surface area contributed by atoms with Crippen LogP contribution in [0.1, 0.15) is 68.1 Å². The quantitative estimate of drug-likeness (QED) is 0.0609. The summed E-state index contributed by atoms with van der Waals surface area (Å²) >= 11 is 0. The van der Waals surface area contributed by atoms with E-state index >= 15 is 0 Å². The van der Waals surface area contributed by atoms with Gasteiger partial charge in [0, 0.05) is 61.2 Å². The van der Waals surface area contributed by atoms with Crippen LogP contribution < -0.4 is 4.90 Å². The molecule has 2 aromatic rings. The number of hydroxylamine groups is 2. The van der Waals surface area contributed by atoms with Crippen molar-refractivity contribution >= 4 is 72.8 Å². The molecule has 0 radical (unpaired) electrons. The number of hydrogen-bond donors (Lipinski definition) is 1. The van der Waals surface area contributed by atoms with Gasteiger partial charge in [0.1, 0.15) is 17.6 Å². The Kier molecular flexibility index (Phi) is 13.8. The largest absolute Gasteiger partial charge is 0.533 e. The van der Waals surface area contributed by atoms with Gasteiger partial charge in [-0.3, -0.25) is 33.4 Å². The number of rotatable bonds is 17. The summed E-state index contributed by atoms with van der Waals surface area (Å²) in [4.78, 5) is 79.3. The van der Waals surface area contributed by atoms with Crippen molar-refractivity contribution in [2.45, 2.75) is 63.2 Å². The molecule has 0 spiro atoms. The highest BCUT2D eigenvalue weighted by molar-refractivity contribution is 8.76. The van der Waals surface area contributed by atoms with E-state index in [-0.39, 0.29) is 76.2 Å². The van der Waals surface area contributed by atoms with Crippen LogP contribution in [0.4, 0.5) is 10.5 Å². The van der Waals surface area contributed by atoms with Gasteiger partial charge in [0.05, 0.1) is 12.2 Å². The van der Waals surface area contributed by atoms with Gasteiger partial charge in [-0.25, -0.2) is 4.79 Å². The van der Waals surface area contributed by atoms with Gasteiger partial charge in [0.15, 0.2) is 5.78 Å². The van der Waals surface area contributed by atoms with Crippen molar-refractivity contribution in [3.8, 4) is 11.8 Å². The van der Waals surface area contributed by atoms with E-state index in [0.717, 1.165) is 11.1 Å². The lowest BCUT2D eigenvalue weighted by Gasteiger charge is -2.26. The van der Waals surface area contributed by atoms with E-state index in [1.54, 1.807) is 17.0 Å². The zero-order valence-corrected chi connectivity index (χ0v) is 28.8. The molecule has 4 rings (SSSR count). The number of carbonyl (C=O) groups is 6. The highest BCUT2D eigenvalue weighted by Gasteiger charge is 2.34. The third-order valence-electron chi connectivity index (χ3n) is 7.50. The molecule has 2 heterocycles. The summed E-state index contributed by atoms with van der Waals surface area (Å²) in [5.41, 5.74) is 2.98. The van der Waals surface area contributed by atoms with Gasteiger partial charge in [-0.15, -0.1) is 0 Å². The Bertz CT molecular complexity index is 1750. The summed E-state index contributed by atoms with van der Waals surface area (Å²) in [5, 5.41) is -1.40. The molecule has 16 heteroatoms. The number of para-hydroxylation sites is 1. The van der Waals surface area contributed by atoms with Crippen LogP contribution in [-0.2, 0) is 50.2 Å². The molecule has 13 nitrogen and oxygen atoms in total. The number of anilines is 1. The fourth-order valence-electron chi connectivity index (χ4n) is 5.00. The molecule has 0 saturated carbocycles.